The second-order valence-corrected chi connectivity index (χ2v) is 6.94. The lowest BCUT2D eigenvalue weighted by Gasteiger charge is -2.04. The largest absolute Gasteiger partial charge is 0.451 e. The number of carbonyl (C=O) groups excluding carboxylic acids is 1. The number of amidine groups is 1. The summed E-state index contributed by atoms with van der Waals surface area (Å²) in [7, 11) is 0. The van der Waals surface area contributed by atoms with E-state index in [2.05, 4.69) is 32.9 Å². The lowest BCUT2D eigenvalue weighted by Crippen LogP contribution is -2.19. The minimum absolute atomic E-state index is 0.152. The molecule has 1 aromatic heterocycles. The van der Waals surface area contributed by atoms with Crippen LogP contribution in [0.25, 0.3) is 6.08 Å². The normalized spacial score (nSPS) is 18.2. The van der Waals surface area contributed by atoms with Gasteiger partial charge in [-0.2, -0.15) is 0 Å². The third kappa shape index (κ3) is 3.27. The van der Waals surface area contributed by atoms with Gasteiger partial charge in [-0.3, -0.25) is 4.79 Å². The molecular formula is C16H13IN2O2S. The summed E-state index contributed by atoms with van der Waals surface area (Å²) in [5.41, 5.74) is 3.16. The number of furan rings is 1. The standard InChI is InChI=1S/C16H13IN2O2S/c1-9-4-3-5-12(10(9)2)18-16-19-15(20)13(22-16)8-11-6-7-14(17)21-11/h3-8H,1-2H3,(H,18,19,20)/b13-8-. The third-order valence-electron chi connectivity index (χ3n) is 3.32. The molecule has 1 amide bonds. The number of halogens is 1. The van der Waals surface area contributed by atoms with Crippen LogP contribution in [0, 0.1) is 17.6 Å². The molecule has 4 nitrogen and oxygen atoms in total. The molecule has 0 radical (unpaired) electrons. The number of rotatable bonds is 2. The number of amides is 1. The molecule has 0 atom stereocenters. The number of benzene rings is 1. The van der Waals surface area contributed by atoms with Crippen LogP contribution in [0.2, 0.25) is 0 Å². The lowest BCUT2D eigenvalue weighted by atomic mass is 10.1. The molecule has 0 aliphatic carbocycles. The van der Waals surface area contributed by atoms with E-state index in [0.29, 0.717) is 15.8 Å². The van der Waals surface area contributed by atoms with Gasteiger partial charge in [0.05, 0.1) is 10.6 Å². The zero-order valence-corrected chi connectivity index (χ0v) is 15.0. The number of aryl methyl sites for hydroxylation is 1. The molecule has 3 rings (SSSR count). The Morgan fingerprint density at radius 3 is 2.82 bits per heavy atom. The highest BCUT2D eigenvalue weighted by molar-refractivity contribution is 14.1. The maximum Gasteiger partial charge on any atom is 0.264 e. The van der Waals surface area contributed by atoms with Crippen LogP contribution in [-0.4, -0.2) is 11.1 Å². The van der Waals surface area contributed by atoms with Gasteiger partial charge in [0.1, 0.15) is 5.76 Å². The summed E-state index contributed by atoms with van der Waals surface area (Å²) in [6.07, 6.45) is 1.73. The number of nitrogens with zero attached hydrogens (tertiary/aromatic N) is 1. The summed E-state index contributed by atoms with van der Waals surface area (Å²) in [5.74, 6) is 0.510. The summed E-state index contributed by atoms with van der Waals surface area (Å²) < 4.78 is 6.25. The van der Waals surface area contributed by atoms with Gasteiger partial charge in [0.25, 0.3) is 5.91 Å². The van der Waals surface area contributed by atoms with Crippen molar-refractivity contribution in [2.24, 2.45) is 4.99 Å². The molecule has 0 spiro atoms. The van der Waals surface area contributed by atoms with Crippen molar-refractivity contribution in [3.8, 4) is 0 Å². The SMILES string of the molecule is Cc1cccc(N=C2NC(=O)/C(=C/c3ccc(I)o3)S2)c1C. The quantitative estimate of drug-likeness (QED) is 0.575. The van der Waals surface area contributed by atoms with Gasteiger partial charge in [0.15, 0.2) is 8.93 Å². The van der Waals surface area contributed by atoms with Crippen LogP contribution in [0.4, 0.5) is 5.69 Å². The topological polar surface area (TPSA) is 54.6 Å². The number of nitrogens with one attached hydrogen (secondary N) is 1. The van der Waals surface area contributed by atoms with E-state index in [9.17, 15) is 4.79 Å². The van der Waals surface area contributed by atoms with E-state index in [-0.39, 0.29) is 5.91 Å². The van der Waals surface area contributed by atoms with E-state index < -0.39 is 0 Å². The Bertz CT molecular complexity index is 808. The Hall–Kier alpha value is -1.54. The van der Waals surface area contributed by atoms with E-state index in [1.54, 1.807) is 6.08 Å². The molecule has 1 aromatic carbocycles. The van der Waals surface area contributed by atoms with Crippen LogP contribution in [-0.2, 0) is 4.79 Å². The van der Waals surface area contributed by atoms with Crippen molar-refractivity contribution in [2.75, 3.05) is 0 Å². The number of aliphatic imine (C=N–C) groups is 1. The van der Waals surface area contributed by atoms with Crippen LogP contribution >= 0.6 is 34.4 Å². The predicted octanol–water partition coefficient (Wildman–Crippen LogP) is 4.39. The monoisotopic (exact) mass is 424 g/mol. The van der Waals surface area contributed by atoms with Gasteiger partial charge in [0, 0.05) is 6.08 Å². The molecule has 1 N–H and O–H groups in total. The number of thioether (sulfide) groups is 1. The van der Waals surface area contributed by atoms with E-state index in [1.807, 2.05) is 44.2 Å². The second-order valence-electron chi connectivity index (χ2n) is 4.84. The molecule has 2 heterocycles. The van der Waals surface area contributed by atoms with Crippen molar-refractivity contribution in [1.29, 1.82) is 0 Å². The van der Waals surface area contributed by atoms with Gasteiger partial charge in [0.2, 0.25) is 0 Å². The average Bonchev–Trinajstić information content (AvgIpc) is 3.02. The Labute approximate surface area is 146 Å². The van der Waals surface area contributed by atoms with Crippen molar-refractivity contribution in [1.82, 2.24) is 5.32 Å². The van der Waals surface area contributed by atoms with Crippen molar-refractivity contribution in [2.45, 2.75) is 13.8 Å². The number of hydrogen-bond donors (Lipinski definition) is 1. The van der Waals surface area contributed by atoms with Crippen molar-refractivity contribution in [3.63, 3.8) is 0 Å². The van der Waals surface area contributed by atoms with Crippen LogP contribution in [0.3, 0.4) is 0 Å². The fraction of sp³-hybridized carbons (Fsp3) is 0.125. The molecule has 112 valence electrons. The summed E-state index contributed by atoms with van der Waals surface area (Å²) >= 11 is 3.41. The molecule has 0 saturated carbocycles. The zero-order valence-electron chi connectivity index (χ0n) is 12.0. The summed E-state index contributed by atoms with van der Waals surface area (Å²) in [5, 5.41) is 3.38. The van der Waals surface area contributed by atoms with Gasteiger partial charge < -0.3 is 9.73 Å². The first kappa shape index (κ1) is 15.4. The lowest BCUT2D eigenvalue weighted by molar-refractivity contribution is -0.115. The fourth-order valence-corrected chi connectivity index (χ4v) is 3.23. The van der Waals surface area contributed by atoms with Gasteiger partial charge in [-0.15, -0.1) is 0 Å². The first-order valence-electron chi connectivity index (χ1n) is 6.64. The minimum Gasteiger partial charge on any atom is -0.451 e. The summed E-state index contributed by atoms with van der Waals surface area (Å²) in [4.78, 5) is 17.1. The van der Waals surface area contributed by atoms with E-state index in [0.717, 1.165) is 15.0 Å². The van der Waals surface area contributed by atoms with E-state index >= 15 is 0 Å². The summed E-state index contributed by atoms with van der Waals surface area (Å²) in [6.45, 7) is 4.07. The van der Waals surface area contributed by atoms with Gasteiger partial charge in [-0.05, 0) is 77.5 Å². The van der Waals surface area contributed by atoms with Gasteiger partial charge in [-0.1, -0.05) is 12.1 Å². The van der Waals surface area contributed by atoms with Crippen molar-refractivity contribution < 1.29 is 9.21 Å². The smallest absolute Gasteiger partial charge is 0.264 e. The molecule has 22 heavy (non-hydrogen) atoms. The Morgan fingerprint density at radius 2 is 2.09 bits per heavy atom. The van der Waals surface area contributed by atoms with E-state index in [1.165, 1.54) is 17.3 Å². The van der Waals surface area contributed by atoms with Crippen molar-refractivity contribution in [3.05, 3.63) is 55.9 Å². The molecule has 1 aliphatic rings. The molecule has 0 unspecified atom stereocenters. The van der Waals surface area contributed by atoms with Crippen LogP contribution in [0.15, 0.2) is 44.6 Å². The Kier molecular flexibility index (Phi) is 4.39. The Morgan fingerprint density at radius 1 is 1.27 bits per heavy atom. The number of hydrogen-bond acceptors (Lipinski definition) is 4. The Balaban J connectivity index is 1.87. The number of carbonyl (C=O) groups is 1. The van der Waals surface area contributed by atoms with E-state index in [4.69, 9.17) is 4.42 Å². The zero-order chi connectivity index (χ0) is 15.7. The molecular weight excluding hydrogens is 411 g/mol. The summed E-state index contributed by atoms with van der Waals surface area (Å²) in [6, 6.07) is 9.64. The second kappa shape index (κ2) is 6.29. The highest BCUT2D eigenvalue weighted by atomic mass is 127. The average molecular weight is 424 g/mol. The first-order chi connectivity index (χ1) is 10.5. The third-order valence-corrected chi connectivity index (χ3v) is 4.81. The van der Waals surface area contributed by atoms with Gasteiger partial charge >= 0.3 is 0 Å². The fourth-order valence-electron chi connectivity index (χ4n) is 1.98. The van der Waals surface area contributed by atoms with Crippen LogP contribution in [0.1, 0.15) is 16.9 Å². The van der Waals surface area contributed by atoms with Crippen molar-refractivity contribution >= 4 is 57.2 Å². The molecule has 2 aromatic rings. The van der Waals surface area contributed by atoms with Crippen LogP contribution in [0.5, 0.6) is 0 Å². The maximum atomic E-state index is 12.0. The molecule has 6 heteroatoms. The van der Waals surface area contributed by atoms with Crippen LogP contribution < -0.4 is 5.32 Å². The highest BCUT2D eigenvalue weighted by Crippen LogP contribution is 2.30. The van der Waals surface area contributed by atoms with Gasteiger partial charge in [-0.25, -0.2) is 4.99 Å². The predicted molar refractivity (Wildman–Crippen MR) is 98.1 cm³/mol. The maximum absolute atomic E-state index is 12.0. The first-order valence-corrected chi connectivity index (χ1v) is 8.53. The molecule has 1 fully saturated rings. The molecule has 1 saturated heterocycles. The molecule has 1 aliphatic heterocycles. The molecule has 0 bridgehead atoms. The minimum atomic E-state index is -0.152. The highest BCUT2D eigenvalue weighted by Gasteiger charge is 2.24.